The first-order valence-corrected chi connectivity index (χ1v) is 3.72. The molecule has 7 heteroatoms. The fourth-order valence-electron chi connectivity index (χ4n) is 0.896. The SMILES string of the molecule is O=C(O)CCn1c(=O)[nH]cc(F)c1=O. The number of aromatic amines is 1. The van der Waals surface area contributed by atoms with Crippen molar-refractivity contribution in [1.82, 2.24) is 9.55 Å². The van der Waals surface area contributed by atoms with Crippen molar-refractivity contribution in [2.45, 2.75) is 13.0 Å². The fraction of sp³-hybridized carbons (Fsp3) is 0.286. The number of H-pyrrole nitrogens is 1. The van der Waals surface area contributed by atoms with E-state index in [-0.39, 0.29) is 6.54 Å². The van der Waals surface area contributed by atoms with Gasteiger partial charge in [0.25, 0.3) is 5.56 Å². The molecule has 0 atom stereocenters. The van der Waals surface area contributed by atoms with Gasteiger partial charge in [0.2, 0.25) is 5.82 Å². The zero-order valence-electron chi connectivity index (χ0n) is 6.99. The van der Waals surface area contributed by atoms with Crippen molar-refractivity contribution >= 4 is 5.97 Å². The number of hydrogen-bond donors (Lipinski definition) is 2. The number of carbonyl (C=O) groups is 1. The first kappa shape index (κ1) is 10.2. The summed E-state index contributed by atoms with van der Waals surface area (Å²) in [6.45, 7) is -0.346. The summed E-state index contributed by atoms with van der Waals surface area (Å²) in [4.78, 5) is 34.1. The zero-order valence-corrected chi connectivity index (χ0v) is 6.99. The van der Waals surface area contributed by atoms with Gasteiger partial charge >= 0.3 is 11.7 Å². The van der Waals surface area contributed by atoms with Crippen LogP contribution in [0.2, 0.25) is 0 Å². The third-order valence-corrected chi connectivity index (χ3v) is 1.57. The second-order valence-electron chi connectivity index (χ2n) is 2.54. The highest BCUT2D eigenvalue weighted by molar-refractivity contribution is 5.66. The van der Waals surface area contributed by atoms with Crippen LogP contribution in [0.25, 0.3) is 0 Å². The Morgan fingerprint density at radius 3 is 2.79 bits per heavy atom. The molecular formula is C7H7FN2O4. The Hall–Kier alpha value is -1.92. The molecule has 0 bridgehead atoms. The van der Waals surface area contributed by atoms with E-state index in [1.165, 1.54) is 0 Å². The standard InChI is InChI=1S/C7H7FN2O4/c8-4-3-9-7(14)10(6(4)13)2-1-5(11)12/h3H,1-2H2,(H,9,14)(H,11,12). The molecule has 0 aliphatic rings. The molecule has 0 amide bonds. The topological polar surface area (TPSA) is 92.2 Å². The van der Waals surface area contributed by atoms with Crippen LogP contribution in [-0.2, 0) is 11.3 Å². The maximum absolute atomic E-state index is 12.6. The minimum atomic E-state index is -1.17. The number of nitrogens with one attached hydrogen (secondary N) is 1. The maximum Gasteiger partial charge on any atom is 0.328 e. The van der Waals surface area contributed by atoms with Gasteiger partial charge in [0.1, 0.15) is 0 Å². The van der Waals surface area contributed by atoms with E-state index in [1.54, 1.807) is 0 Å². The summed E-state index contributed by atoms with van der Waals surface area (Å²) in [6, 6.07) is 0. The smallest absolute Gasteiger partial charge is 0.328 e. The van der Waals surface area contributed by atoms with Crippen LogP contribution < -0.4 is 11.2 Å². The van der Waals surface area contributed by atoms with Crippen molar-refractivity contribution in [3.8, 4) is 0 Å². The third-order valence-electron chi connectivity index (χ3n) is 1.57. The molecule has 0 fully saturated rings. The number of hydrogen-bond acceptors (Lipinski definition) is 3. The summed E-state index contributed by atoms with van der Waals surface area (Å²) in [5.74, 6) is -2.28. The lowest BCUT2D eigenvalue weighted by Crippen LogP contribution is -2.36. The van der Waals surface area contributed by atoms with Crippen molar-refractivity contribution in [1.29, 1.82) is 0 Å². The van der Waals surface area contributed by atoms with Crippen LogP contribution >= 0.6 is 0 Å². The first-order chi connectivity index (χ1) is 6.52. The van der Waals surface area contributed by atoms with E-state index < -0.39 is 29.5 Å². The number of carboxylic acids is 1. The second kappa shape index (κ2) is 3.86. The van der Waals surface area contributed by atoms with Crippen LogP contribution in [-0.4, -0.2) is 20.6 Å². The molecule has 0 aromatic carbocycles. The molecule has 0 spiro atoms. The van der Waals surface area contributed by atoms with Crippen LogP contribution in [0.4, 0.5) is 4.39 Å². The van der Waals surface area contributed by atoms with Crippen LogP contribution in [0.15, 0.2) is 15.8 Å². The molecule has 0 saturated heterocycles. The molecule has 0 unspecified atom stereocenters. The van der Waals surface area contributed by atoms with E-state index in [9.17, 15) is 18.8 Å². The first-order valence-electron chi connectivity index (χ1n) is 3.72. The van der Waals surface area contributed by atoms with Crippen LogP contribution in [0, 0.1) is 5.82 Å². The molecule has 1 aromatic rings. The number of rotatable bonds is 3. The minimum Gasteiger partial charge on any atom is -0.481 e. The Kier molecular flexibility index (Phi) is 2.80. The van der Waals surface area contributed by atoms with Crippen molar-refractivity contribution in [2.75, 3.05) is 0 Å². The van der Waals surface area contributed by atoms with Crippen LogP contribution in [0.3, 0.4) is 0 Å². The van der Waals surface area contributed by atoms with Gasteiger partial charge in [-0.1, -0.05) is 0 Å². The highest BCUT2D eigenvalue weighted by Gasteiger charge is 2.07. The summed E-state index contributed by atoms with van der Waals surface area (Å²) < 4.78 is 13.1. The van der Waals surface area contributed by atoms with Gasteiger partial charge in [-0.25, -0.2) is 4.79 Å². The van der Waals surface area contributed by atoms with Crippen molar-refractivity contribution in [2.24, 2.45) is 0 Å². The quantitative estimate of drug-likeness (QED) is 0.667. The van der Waals surface area contributed by atoms with Gasteiger partial charge in [0.15, 0.2) is 0 Å². The normalized spacial score (nSPS) is 10.1. The molecule has 1 heterocycles. The molecule has 14 heavy (non-hydrogen) atoms. The third kappa shape index (κ3) is 2.06. The van der Waals surface area contributed by atoms with E-state index >= 15 is 0 Å². The largest absolute Gasteiger partial charge is 0.481 e. The van der Waals surface area contributed by atoms with E-state index in [4.69, 9.17) is 5.11 Å². The summed E-state index contributed by atoms with van der Waals surface area (Å²) in [6.07, 6.45) is 0.231. The molecule has 0 radical (unpaired) electrons. The highest BCUT2D eigenvalue weighted by Crippen LogP contribution is 1.84. The molecular weight excluding hydrogens is 195 g/mol. The second-order valence-corrected chi connectivity index (χ2v) is 2.54. The zero-order chi connectivity index (χ0) is 10.7. The Labute approximate surface area is 76.6 Å². The molecule has 1 aromatic heterocycles. The van der Waals surface area contributed by atoms with Crippen molar-refractivity contribution < 1.29 is 14.3 Å². The lowest BCUT2D eigenvalue weighted by Gasteiger charge is -2.00. The Morgan fingerprint density at radius 1 is 1.57 bits per heavy atom. The Balaban J connectivity index is 3.08. The Morgan fingerprint density at radius 2 is 2.21 bits per heavy atom. The highest BCUT2D eigenvalue weighted by atomic mass is 19.1. The number of aliphatic carboxylic acids is 1. The fourth-order valence-corrected chi connectivity index (χ4v) is 0.896. The number of aromatic nitrogens is 2. The van der Waals surface area contributed by atoms with Gasteiger partial charge in [-0.2, -0.15) is 4.39 Å². The minimum absolute atomic E-state index is 0.346. The van der Waals surface area contributed by atoms with E-state index in [0.29, 0.717) is 10.8 Å². The Bertz CT molecular complexity index is 461. The van der Waals surface area contributed by atoms with Gasteiger partial charge in [-0.05, 0) is 0 Å². The molecule has 0 aliphatic heterocycles. The van der Waals surface area contributed by atoms with E-state index in [1.807, 2.05) is 4.98 Å². The molecule has 0 saturated carbocycles. The van der Waals surface area contributed by atoms with Gasteiger partial charge < -0.3 is 10.1 Å². The predicted octanol–water partition coefficient (Wildman–Crippen LogP) is -0.850. The lowest BCUT2D eigenvalue weighted by molar-refractivity contribution is -0.137. The summed E-state index contributed by atoms with van der Waals surface area (Å²) in [5, 5.41) is 8.30. The summed E-state index contributed by atoms with van der Waals surface area (Å²) >= 11 is 0. The lowest BCUT2D eigenvalue weighted by atomic mass is 10.4. The number of carboxylic acid groups (broad SMARTS) is 1. The molecule has 6 nitrogen and oxygen atoms in total. The van der Waals surface area contributed by atoms with Gasteiger partial charge in [0, 0.05) is 12.7 Å². The average molecular weight is 202 g/mol. The molecule has 76 valence electrons. The monoisotopic (exact) mass is 202 g/mol. The van der Waals surface area contributed by atoms with Gasteiger partial charge in [-0.3, -0.25) is 14.2 Å². The number of halogens is 1. The molecule has 1 rings (SSSR count). The molecule has 2 N–H and O–H groups in total. The van der Waals surface area contributed by atoms with Crippen LogP contribution in [0.5, 0.6) is 0 Å². The molecule has 0 aliphatic carbocycles. The van der Waals surface area contributed by atoms with Gasteiger partial charge in [-0.15, -0.1) is 0 Å². The van der Waals surface area contributed by atoms with E-state index in [0.717, 1.165) is 0 Å². The number of nitrogens with zero attached hydrogens (tertiary/aromatic N) is 1. The van der Waals surface area contributed by atoms with Crippen LogP contribution in [0.1, 0.15) is 6.42 Å². The van der Waals surface area contributed by atoms with E-state index in [2.05, 4.69) is 0 Å². The van der Waals surface area contributed by atoms with Crippen molar-refractivity contribution in [3.05, 3.63) is 32.9 Å². The predicted molar refractivity (Wildman–Crippen MR) is 43.5 cm³/mol. The maximum atomic E-state index is 12.6. The summed E-state index contributed by atoms with van der Waals surface area (Å²) in [5.41, 5.74) is -1.94. The summed E-state index contributed by atoms with van der Waals surface area (Å²) in [7, 11) is 0. The van der Waals surface area contributed by atoms with Gasteiger partial charge in [0.05, 0.1) is 6.42 Å². The average Bonchev–Trinajstić information content (AvgIpc) is 2.11. The van der Waals surface area contributed by atoms with Crippen molar-refractivity contribution in [3.63, 3.8) is 0 Å².